The molecule has 0 saturated carbocycles. The molecule has 0 bridgehead atoms. The van der Waals surface area contributed by atoms with Crippen LogP contribution in [0.1, 0.15) is 23.4 Å². The molecule has 0 saturated heterocycles. The first kappa shape index (κ1) is 19.2. The van der Waals surface area contributed by atoms with Gasteiger partial charge in [0.15, 0.2) is 0 Å². The summed E-state index contributed by atoms with van der Waals surface area (Å²) in [5.41, 5.74) is 0.290. The van der Waals surface area contributed by atoms with Crippen molar-refractivity contribution in [3.05, 3.63) is 88.2 Å². The molecule has 2 aromatic carbocycles. The van der Waals surface area contributed by atoms with E-state index < -0.39 is 23.1 Å². The molecule has 0 N–H and O–H groups in total. The standard InChI is InChI=1S/C22H14F4N4O/c23-17-10-13(1-4-19(17)29-8-6-27-12-29)9-14-5-7-30-20(14)28-18-11-15(22(24,25)26)2-3-16(18)21(30)31/h1-4,6,8-12H,5,7H2. The van der Waals surface area contributed by atoms with Crippen LogP contribution in [-0.4, -0.2) is 19.1 Å². The Bertz CT molecular complexity index is 1400. The molecule has 5 nitrogen and oxygen atoms in total. The van der Waals surface area contributed by atoms with E-state index in [0.717, 1.165) is 18.2 Å². The molecule has 0 spiro atoms. The topological polar surface area (TPSA) is 52.7 Å². The fourth-order valence-corrected chi connectivity index (χ4v) is 3.76. The van der Waals surface area contributed by atoms with Crippen LogP contribution in [-0.2, 0) is 12.7 Å². The number of aromatic nitrogens is 4. The van der Waals surface area contributed by atoms with E-state index in [1.807, 2.05) is 0 Å². The van der Waals surface area contributed by atoms with Crippen molar-refractivity contribution >= 4 is 22.6 Å². The number of halogens is 4. The molecule has 31 heavy (non-hydrogen) atoms. The Morgan fingerprint density at radius 3 is 2.65 bits per heavy atom. The second-order valence-electron chi connectivity index (χ2n) is 7.22. The molecule has 4 aromatic rings. The normalized spacial score (nSPS) is 15.0. The highest BCUT2D eigenvalue weighted by atomic mass is 19.4. The summed E-state index contributed by atoms with van der Waals surface area (Å²) in [5, 5.41) is 0.133. The summed E-state index contributed by atoms with van der Waals surface area (Å²) in [6.07, 6.45) is 2.29. The number of hydrogen-bond donors (Lipinski definition) is 0. The van der Waals surface area contributed by atoms with Gasteiger partial charge in [0.1, 0.15) is 11.6 Å². The Morgan fingerprint density at radius 2 is 1.94 bits per heavy atom. The molecule has 1 aliphatic heterocycles. The SMILES string of the molecule is O=c1c2ccc(C(F)(F)F)cc2nc2n1CCC2=Cc1ccc(-n2ccnc2)c(F)c1. The molecule has 0 radical (unpaired) electrons. The van der Waals surface area contributed by atoms with Gasteiger partial charge in [0, 0.05) is 18.9 Å². The maximum atomic E-state index is 14.6. The highest BCUT2D eigenvalue weighted by molar-refractivity contribution is 5.85. The Balaban J connectivity index is 1.59. The lowest BCUT2D eigenvalue weighted by Gasteiger charge is -2.09. The van der Waals surface area contributed by atoms with Gasteiger partial charge in [-0.25, -0.2) is 14.4 Å². The fourth-order valence-electron chi connectivity index (χ4n) is 3.76. The van der Waals surface area contributed by atoms with Crippen LogP contribution < -0.4 is 5.56 Å². The summed E-state index contributed by atoms with van der Waals surface area (Å²) >= 11 is 0. The number of fused-ring (bicyclic) bond motifs is 2. The lowest BCUT2D eigenvalue weighted by molar-refractivity contribution is -0.137. The van der Waals surface area contributed by atoms with Gasteiger partial charge in [0.25, 0.3) is 5.56 Å². The summed E-state index contributed by atoms with van der Waals surface area (Å²) in [5.74, 6) is -0.153. The van der Waals surface area contributed by atoms with Gasteiger partial charge in [-0.3, -0.25) is 9.36 Å². The first-order valence-electron chi connectivity index (χ1n) is 9.42. The third-order valence-corrected chi connectivity index (χ3v) is 5.27. The number of nitrogens with zero attached hydrogens (tertiary/aromatic N) is 4. The smallest absolute Gasteiger partial charge is 0.303 e. The van der Waals surface area contributed by atoms with Crippen molar-refractivity contribution in [1.29, 1.82) is 0 Å². The molecule has 9 heteroatoms. The fraction of sp³-hybridized carbons (Fsp3) is 0.136. The van der Waals surface area contributed by atoms with Crippen LogP contribution >= 0.6 is 0 Å². The molecule has 0 amide bonds. The van der Waals surface area contributed by atoms with E-state index in [-0.39, 0.29) is 10.9 Å². The van der Waals surface area contributed by atoms with Crippen molar-refractivity contribution in [2.45, 2.75) is 19.1 Å². The van der Waals surface area contributed by atoms with Gasteiger partial charge in [-0.2, -0.15) is 13.2 Å². The van der Waals surface area contributed by atoms with E-state index in [2.05, 4.69) is 9.97 Å². The van der Waals surface area contributed by atoms with Crippen molar-refractivity contribution in [3.63, 3.8) is 0 Å². The lowest BCUT2D eigenvalue weighted by Crippen LogP contribution is -2.21. The molecule has 3 heterocycles. The zero-order valence-electron chi connectivity index (χ0n) is 15.9. The minimum atomic E-state index is -4.53. The van der Waals surface area contributed by atoms with Gasteiger partial charge < -0.3 is 4.57 Å². The zero-order chi connectivity index (χ0) is 21.8. The maximum Gasteiger partial charge on any atom is 0.416 e. The van der Waals surface area contributed by atoms with Crippen LogP contribution in [0.5, 0.6) is 0 Å². The van der Waals surface area contributed by atoms with Crippen LogP contribution in [0.25, 0.3) is 28.2 Å². The molecule has 5 rings (SSSR count). The minimum absolute atomic E-state index is 0.0134. The highest BCUT2D eigenvalue weighted by Crippen LogP contribution is 2.32. The monoisotopic (exact) mass is 426 g/mol. The molecule has 2 aromatic heterocycles. The molecule has 0 fully saturated rings. The highest BCUT2D eigenvalue weighted by Gasteiger charge is 2.31. The molecule has 0 unspecified atom stereocenters. The van der Waals surface area contributed by atoms with E-state index in [4.69, 9.17) is 0 Å². The predicted molar refractivity (Wildman–Crippen MR) is 107 cm³/mol. The van der Waals surface area contributed by atoms with Gasteiger partial charge in [0.05, 0.1) is 28.5 Å². The average Bonchev–Trinajstić information content (AvgIpc) is 3.38. The number of benzene rings is 2. The van der Waals surface area contributed by atoms with E-state index in [0.29, 0.717) is 35.6 Å². The number of imidazole rings is 1. The third kappa shape index (κ3) is 3.31. The van der Waals surface area contributed by atoms with Gasteiger partial charge in [-0.05, 0) is 54.0 Å². The number of alkyl halides is 3. The summed E-state index contributed by atoms with van der Waals surface area (Å²) in [6, 6.07) is 7.60. The van der Waals surface area contributed by atoms with Crippen molar-refractivity contribution in [2.24, 2.45) is 0 Å². The first-order chi connectivity index (χ1) is 14.8. The van der Waals surface area contributed by atoms with Crippen molar-refractivity contribution in [1.82, 2.24) is 19.1 Å². The van der Waals surface area contributed by atoms with Gasteiger partial charge >= 0.3 is 6.18 Å². The molecule has 156 valence electrons. The summed E-state index contributed by atoms with van der Waals surface area (Å²) in [6.45, 7) is 0.361. The molecular weight excluding hydrogens is 412 g/mol. The van der Waals surface area contributed by atoms with Crippen LogP contribution in [0.4, 0.5) is 17.6 Å². The summed E-state index contributed by atoms with van der Waals surface area (Å²) < 4.78 is 56.7. The Morgan fingerprint density at radius 1 is 1.10 bits per heavy atom. The predicted octanol–water partition coefficient (Wildman–Crippen LogP) is 4.68. The van der Waals surface area contributed by atoms with Crippen LogP contribution in [0.3, 0.4) is 0 Å². The molecule has 0 aliphatic carbocycles. The Labute approximate surface area is 172 Å². The van der Waals surface area contributed by atoms with E-state index in [9.17, 15) is 22.4 Å². The van der Waals surface area contributed by atoms with E-state index in [1.54, 1.807) is 35.2 Å². The number of allylic oxidation sites excluding steroid dienone is 1. The third-order valence-electron chi connectivity index (χ3n) is 5.27. The second kappa shape index (κ2) is 6.90. The first-order valence-corrected chi connectivity index (χ1v) is 9.42. The van der Waals surface area contributed by atoms with E-state index in [1.165, 1.54) is 17.0 Å². The molecular formula is C22H14F4N4O. The van der Waals surface area contributed by atoms with Crippen LogP contribution in [0.15, 0.2) is 59.9 Å². The quantitative estimate of drug-likeness (QED) is 0.437. The number of rotatable bonds is 2. The zero-order valence-corrected chi connectivity index (χ0v) is 15.9. The Hall–Kier alpha value is -3.75. The summed E-state index contributed by atoms with van der Waals surface area (Å²) in [4.78, 5) is 21.0. The van der Waals surface area contributed by atoms with Crippen molar-refractivity contribution in [2.75, 3.05) is 0 Å². The van der Waals surface area contributed by atoms with Gasteiger partial charge in [-0.15, -0.1) is 0 Å². The van der Waals surface area contributed by atoms with Crippen molar-refractivity contribution in [3.8, 4) is 5.69 Å². The van der Waals surface area contributed by atoms with Crippen LogP contribution in [0.2, 0.25) is 0 Å². The van der Waals surface area contributed by atoms with Crippen molar-refractivity contribution < 1.29 is 17.6 Å². The van der Waals surface area contributed by atoms with Gasteiger partial charge in [-0.1, -0.05) is 6.07 Å². The maximum absolute atomic E-state index is 14.6. The molecule has 1 aliphatic rings. The minimum Gasteiger partial charge on any atom is -0.303 e. The van der Waals surface area contributed by atoms with E-state index >= 15 is 0 Å². The summed E-state index contributed by atoms with van der Waals surface area (Å²) in [7, 11) is 0. The van der Waals surface area contributed by atoms with Gasteiger partial charge in [0.2, 0.25) is 0 Å². The van der Waals surface area contributed by atoms with Crippen LogP contribution in [0, 0.1) is 5.82 Å². The lowest BCUT2D eigenvalue weighted by atomic mass is 10.1. The largest absolute Gasteiger partial charge is 0.416 e. The average molecular weight is 426 g/mol. The number of hydrogen-bond acceptors (Lipinski definition) is 3. The molecule has 0 atom stereocenters. The second-order valence-corrected chi connectivity index (χ2v) is 7.22. The Kier molecular flexibility index (Phi) is 4.28.